The van der Waals surface area contributed by atoms with Gasteiger partial charge in [0.25, 0.3) is 10.2 Å². The number of ether oxygens (including phenoxy) is 1. The summed E-state index contributed by atoms with van der Waals surface area (Å²) < 4.78 is 32.6. The summed E-state index contributed by atoms with van der Waals surface area (Å²) in [6.07, 6.45) is -0.711. The highest BCUT2D eigenvalue weighted by molar-refractivity contribution is 7.87. The Kier molecular flexibility index (Phi) is 4.69. The third-order valence-corrected chi connectivity index (χ3v) is 3.98. The van der Waals surface area contributed by atoms with Gasteiger partial charge in [0.15, 0.2) is 5.84 Å². The average Bonchev–Trinajstić information content (AvgIpc) is 2.26. The Morgan fingerprint density at radius 2 is 2.29 bits per heavy atom. The molecular weight excluding hydrogens is 248 g/mol. The van der Waals surface area contributed by atoms with E-state index >= 15 is 0 Å². The standard InChI is InChI=1S/C8H18N4O4S/c1-6(2)11-17(14,15)12-3-4-16-7(5-12)8(9)10-13/h6-7,11,13H,3-5H2,1-2H3,(H2,9,10). The SMILES string of the molecule is CC(C)NS(=O)(=O)N1CCOC(C(N)=NO)C1. The van der Waals surface area contributed by atoms with Crippen molar-refractivity contribution in [2.75, 3.05) is 19.7 Å². The Morgan fingerprint density at radius 1 is 1.65 bits per heavy atom. The maximum absolute atomic E-state index is 11.9. The summed E-state index contributed by atoms with van der Waals surface area (Å²) in [5.41, 5.74) is 5.39. The zero-order valence-electron chi connectivity index (χ0n) is 9.83. The molecule has 100 valence electrons. The quantitative estimate of drug-likeness (QED) is 0.252. The fourth-order valence-electron chi connectivity index (χ4n) is 1.46. The van der Waals surface area contributed by atoms with Crippen molar-refractivity contribution in [3.8, 4) is 0 Å². The second-order valence-electron chi connectivity index (χ2n) is 4.02. The molecule has 0 aromatic heterocycles. The lowest BCUT2D eigenvalue weighted by Gasteiger charge is -2.31. The first-order valence-corrected chi connectivity index (χ1v) is 6.67. The molecule has 1 heterocycles. The first kappa shape index (κ1) is 14.2. The highest BCUT2D eigenvalue weighted by Crippen LogP contribution is 2.09. The van der Waals surface area contributed by atoms with Gasteiger partial charge in [0.05, 0.1) is 6.61 Å². The van der Waals surface area contributed by atoms with Gasteiger partial charge in [-0.3, -0.25) is 0 Å². The first-order chi connectivity index (χ1) is 7.86. The molecule has 0 bridgehead atoms. The summed E-state index contributed by atoms with van der Waals surface area (Å²) in [5, 5.41) is 11.3. The predicted molar refractivity (Wildman–Crippen MR) is 61.9 cm³/mol. The van der Waals surface area contributed by atoms with Gasteiger partial charge in [0, 0.05) is 19.1 Å². The van der Waals surface area contributed by atoms with Gasteiger partial charge in [-0.25, -0.2) is 0 Å². The van der Waals surface area contributed by atoms with Crippen LogP contribution in [0.15, 0.2) is 5.16 Å². The molecule has 0 aliphatic carbocycles. The van der Waals surface area contributed by atoms with Crippen molar-refractivity contribution < 1.29 is 18.4 Å². The van der Waals surface area contributed by atoms with E-state index in [1.807, 2.05) is 0 Å². The minimum atomic E-state index is -3.55. The number of nitrogens with zero attached hydrogens (tertiary/aromatic N) is 2. The van der Waals surface area contributed by atoms with E-state index in [0.717, 1.165) is 0 Å². The molecule has 1 rings (SSSR count). The number of amidine groups is 1. The Bertz CT molecular complexity index is 381. The van der Waals surface area contributed by atoms with Gasteiger partial charge in [-0.05, 0) is 13.8 Å². The van der Waals surface area contributed by atoms with Crippen molar-refractivity contribution in [2.45, 2.75) is 26.0 Å². The molecule has 1 saturated heterocycles. The van der Waals surface area contributed by atoms with Crippen molar-refractivity contribution >= 4 is 16.0 Å². The topological polar surface area (TPSA) is 117 Å². The lowest BCUT2D eigenvalue weighted by Crippen LogP contribution is -2.54. The fraction of sp³-hybridized carbons (Fsp3) is 0.875. The maximum atomic E-state index is 11.9. The van der Waals surface area contributed by atoms with E-state index in [2.05, 4.69) is 9.88 Å². The zero-order chi connectivity index (χ0) is 13.1. The summed E-state index contributed by atoms with van der Waals surface area (Å²) in [4.78, 5) is 0. The Morgan fingerprint density at radius 3 is 2.82 bits per heavy atom. The van der Waals surface area contributed by atoms with Gasteiger partial charge in [0.2, 0.25) is 0 Å². The van der Waals surface area contributed by atoms with Gasteiger partial charge in [0.1, 0.15) is 6.10 Å². The third-order valence-electron chi connectivity index (χ3n) is 2.20. The van der Waals surface area contributed by atoms with Crippen LogP contribution in [0.2, 0.25) is 0 Å². The highest BCUT2D eigenvalue weighted by Gasteiger charge is 2.31. The van der Waals surface area contributed by atoms with Crippen LogP contribution in [0, 0.1) is 0 Å². The van der Waals surface area contributed by atoms with Crippen LogP contribution in [0.25, 0.3) is 0 Å². The lowest BCUT2D eigenvalue weighted by molar-refractivity contribution is 0.0349. The molecule has 1 unspecified atom stereocenters. The first-order valence-electron chi connectivity index (χ1n) is 5.23. The van der Waals surface area contributed by atoms with Gasteiger partial charge < -0.3 is 15.7 Å². The lowest BCUT2D eigenvalue weighted by atomic mass is 10.3. The molecule has 4 N–H and O–H groups in total. The van der Waals surface area contributed by atoms with E-state index in [-0.39, 0.29) is 31.6 Å². The molecule has 0 saturated carbocycles. The van der Waals surface area contributed by atoms with Crippen molar-refractivity contribution in [3.05, 3.63) is 0 Å². The van der Waals surface area contributed by atoms with Crippen molar-refractivity contribution in [1.82, 2.24) is 9.03 Å². The third kappa shape index (κ3) is 3.80. The van der Waals surface area contributed by atoms with Crippen LogP contribution in [-0.4, -0.2) is 55.6 Å². The van der Waals surface area contributed by atoms with E-state index < -0.39 is 16.3 Å². The summed E-state index contributed by atoms with van der Waals surface area (Å²) in [5.74, 6) is -0.130. The van der Waals surface area contributed by atoms with E-state index in [0.29, 0.717) is 0 Å². The van der Waals surface area contributed by atoms with Crippen LogP contribution >= 0.6 is 0 Å². The molecule has 1 aliphatic rings. The number of nitrogens with one attached hydrogen (secondary N) is 1. The molecular formula is C8H18N4O4S. The summed E-state index contributed by atoms with van der Waals surface area (Å²) in [7, 11) is -3.55. The van der Waals surface area contributed by atoms with Crippen LogP contribution in [0.5, 0.6) is 0 Å². The molecule has 0 radical (unpaired) electrons. The number of oxime groups is 1. The minimum absolute atomic E-state index is 0.0396. The number of morpholine rings is 1. The Balaban J connectivity index is 2.73. The van der Waals surface area contributed by atoms with Crippen LogP contribution in [-0.2, 0) is 14.9 Å². The molecule has 17 heavy (non-hydrogen) atoms. The average molecular weight is 266 g/mol. The van der Waals surface area contributed by atoms with Crippen LogP contribution in [0.4, 0.5) is 0 Å². The van der Waals surface area contributed by atoms with Gasteiger partial charge in [-0.1, -0.05) is 5.16 Å². The highest BCUT2D eigenvalue weighted by atomic mass is 32.2. The monoisotopic (exact) mass is 266 g/mol. The maximum Gasteiger partial charge on any atom is 0.279 e. The minimum Gasteiger partial charge on any atom is -0.409 e. The summed E-state index contributed by atoms with van der Waals surface area (Å²) in [6, 6.07) is -0.190. The fourth-order valence-corrected chi connectivity index (χ4v) is 2.85. The Hall–Kier alpha value is -0.900. The molecule has 9 heteroatoms. The second-order valence-corrected chi connectivity index (χ2v) is 5.72. The number of rotatable bonds is 4. The largest absolute Gasteiger partial charge is 0.409 e. The molecule has 0 amide bonds. The normalized spacial score (nSPS) is 24.2. The van der Waals surface area contributed by atoms with Crippen molar-refractivity contribution in [2.24, 2.45) is 10.9 Å². The van der Waals surface area contributed by atoms with Crippen LogP contribution in [0.3, 0.4) is 0 Å². The van der Waals surface area contributed by atoms with Gasteiger partial charge in [-0.15, -0.1) is 0 Å². The predicted octanol–water partition coefficient (Wildman–Crippen LogP) is -1.32. The molecule has 8 nitrogen and oxygen atoms in total. The van der Waals surface area contributed by atoms with Crippen molar-refractivity contribution in [1.29, 1.82) is 0 Å². The molecule has 0 aromatic rings. The molecule has 1 atom stereocenters. The second kappa shape index (κ2) is 5.63. The van der Waals surface area contributed by atoms with E-state index in [1.165, 1.54) is 4.31 Å². The number of nitrogens with two attached hydrogens (primary N) is 1. The Labute approximate surface area is 101 Å². The summed E-state index contributed by atoms with van der Waals surface area (Å²) in [6.45, 7) is 3.97. The van der Waals surface area contributed by atoms with Gasteiger partial charge >= 0.3 is 0 Å². The van der Waals surface area contributed by atoms with Gasteiger partial charge in [-0.2, -0.15) is 17.4 Å². The van der Waals surface area contributed by atoms with Crippen LogP contribution < -0.4 is 10.5 Å². The number of hydrogen-bond donors (Lipinski definition) is 3. The molecule has 1 aliphatic heterocycles. The van der Waals surface area contributed by atoms with E-state index in [9.17, 15) is 8.42 Å². The number of hydrogen-bond acceptors (Lipinski definition) is 5. The molecule has 0 aromatic carbocycles. The smallest absolute Gasteiger partial charge is 0.279 e. The van der Waals surface area contributed by atoms with Crippen LogP contribution in [0.1, 0.15) is 13.8 Å². The van der Waals surface area contributed by atoms with E-state index in [4.69, 9.17) is 15.7 Å². The van der Waals surface area contributed by atoms with E-state index in [1.54, 1.807) is 13.8 Å². The molecule has 1 fully saturated rings. The van der Waals surface area contributed by atoms with Crippen molar-refractivity contribution in [3.63, 3.8) is 0 Å². The molecule has 0 spiro atoms. The summed E-state index contributed by atoms with van der Waals surface area (Å²) >= 11 is 0. The zero-order valence-corrected chi connectivity index (χ0v) is 10.6.